The predicted octanol–water partition coefficient (Wildman–Crippen LogP) is 2.44. The fourth-order valence-corrected chi connectivity index (χ4v) is 3.32. The Kier molecular flexibility index (Phi) is 7.35. The lowest BCUT2D eigenvalue weighted by molar-refractivity contribution is -0.147. The van der Waals surface area contributed by atoms with E-state index in [1.165, 1.54) is 32.7 Å². The maximum absolute atomic E-state index is 12.2. The zero-order chi connectivity index (χ0) is 20.7. The van der Waals surface area contributed by atoms with E-state index < -0.39 is 24.3 Å². The number of nitriles is 1. The maximum Gasteiger partial charge on any atom is 0.310 e. The molecule has 9 heteroatoms. The molecule has 28 heavy (non-hydrogen) atoms. The zero-order valence-corrected chi connectivity index (χ0v) is 16.8. The summed E-state index contributed by atoms with van der Waals surface area (Å²) in [4.78, 5) is 28.5. The van der Waals surface area contributed by atoms with Gasteiger partial charge in [0.25, 0.3) is 0 Å². The van der Waals surface area contributed by atoms with Gasteiger partial charge in [-0.25, -0.2) is 4.98 Å². The Morgan fingerprint density at radius 3 is 2.29 bits per heavy atom. The van der Waals surface area contributed by atoms with Crippen molar-refractivity contribution in [3.63, 3.8) is 0 Å². The minimum atomic E-state index is -1.05. The number of ketones is 1. The molecule has 0 saturated carbocycles. The molecule has 1 heterocycles. The van der Waals surface area contributed by atoms with Gasteiger partial charge in [-0.05, 0) is 24.6 Å². The first-order chi connectivity index (χ1) is 13.4. The third-order valence-corrected chi connectivity index (χ3v) is 4.81. The van der Waals surface area contributed by atoms with Crippen molar-refractivity contribution < 1.29 is 28.5 Å². The monoisotopic (exact) mass is 404 g/mol. The third-order valence-electron chi connectivity index (χ3n) is 3.78. The largest absolute Gasteiger partial charge is 0.493 e. The van der Waals surface area contributed by atoms with E-state index in [0.717, 1.165) is 5.69 Å². The Bertz CT molecular complexity index is 877. The summed E-state index contributed by atoms with van der Waals surface area (Å²) >= 11 is 1.22. The van der Waals surface area contributed by atoms with Crippen LogP contribution in [0.1, 0.15) is 22.2 Å². The molecule has 0 aliphatic heterocycles. The van der Waals surface area contributed by atoms with Crippen LogP contribution in [0.25, 0.3) is 0 Å². The van der Waals surface area contributed by atoms with E-state index in [1.54, 1.807) is 24.4 Å². The average molecular weight is 404 g/mol. The summed E-state index contributed by atoms with van der Waals surface area (Å²) in [5.41, 5.74) is 1.30. The summed E-state index contributed by atoms with van der Waals surface area (Å²) in [6.07, 6.45) is -0.0996. The van der Waals surface area contributed by atoms with Crippen LogP contribution in [-0.4, -0.2) is 44.7 Å². The number of carbonyl (C=O) groups is 2. The number of thiazole rings is 1. The van der Waals surface area contributed by atoms with Gasteiger partial charge in [0, 0.05) is 11.1 Å². The predicted molar refractivity (Wildman–Crippen MR) is 101 cm³/mol. The Morgan fingerprint density at radius 2 is 1.82 bits per heavy atom. The SMILES string of the molecule is COc1cc(CC(=O)OCC(=O)[C@H](C#N)c2nc(C)cs2)cc(OC)c1OC. The van der Waals surface area contributed by atoms with Crippen LogP contribution in [0.4, 0.5) is 0 Å². The van der Waals surface area contributed by atoms with Gasteiger partial charge >= 0.3 is 5.97 Å². The van der Waals surface area contributed by atoms with Crippen molar-refractivity contribution in [2.75, 3.05) is 27.9 Å². The number of benzene rings is 1. The average Bonchev–Trinajstić information content (AvgIpc) is 3.11. The molecule has 0 bridgehead atoms. The molecule has 8 nitrogen and oxygen atoms in total. The molecule has 0 aliphatic rings. The number of aryl methyl sites for hydroxylation is 1. The Labute approximate surface area is 166 Å². The van der Waals surface area contributed by atoms with Crippen LogP contribution in [0.2, 0.25) is 0 Å². The molecule has 1 aromatic heterocycles. The fourth-order valence-electron chi connectivity index (χ4n) is 2.46. The second kappa shape index (κ2) is 9.71. The van der Waals surface area contributed by atoms with Gasteiger partial charge in [0.1, 0.15) is 5.01 Å². The number of esters is 1. The van der Waals surface area contributed by atoms with Crippen LogP contribution in [0.5, 0.6) is 17.2 Å². The molecule has 1 aromatic carbocycles. The lowest BCUT2D eigenvalue weighted by atomic mass is 10.1. The highest BCUT2D eigenvalue weighted by Crippen LogP contribution is 2.38. The standard InChI is InChI=1S/C19H20N2O6S/c1-11-10-28-19(21-11)13(8-20)14(22)9-27-17(23)7-12-5-15(24-2)18(26-4)16(6-12)25-3/h5-6,10,13H,7,9H2,1-4H3/t13-/m0/s1. The van der Waals surface area contributed by atoms with Gasteiger partial charge in [-0.15, -0.1) is 11.3 Å². The molecule has 148 valence electrons. The lowest BCUT2D eigenvalue weighted by Crippen LogP contribution is -2.20. The van der Waals surface area contributed by atoms with Crippen LogP contribution < -0.4 is 14.2 Å². The lowest BCUT2D eigenvalue weighted by Gasteiger charge is -2.14. The molecule has 0 fully saturated rings. The molecule has 0 N–H and O–H groups in total. The van der Waals surface area contributed by atoms with E-state index in [2.05, 4.69) is 4.98 Å². The Morgan fingerprint density at radius 1 is 1.18 bits per heavy atom. The molecule has 0 unspecified atom stereocenters. The van der Waals surface area contributed by atoms with E-state index in [9.17, 15) is 14.9 Å². The van der Waals surface area contributed by atoms with Crippen LogP contribution in [0.15, 0.2) is 17.5 Å². The quantitative estimate of drug-likeness (QED) is 0.587. The van der Waals surface area contributed by atoms with Crippen molar-refractivity contribution in [2.24, 2.45) is 0 Å². The Hall–Kier alpha value is -3.12. The second-order valence-electron chi connectivity index (χ2n) is 5.73. The summed E-state index contributed by atoms with van der Waals surface area (Å²) in [6.45, 7) is 1.27. The smallest absolute Gasteiger partial charge is 0.310 e. The highest BCUT2D eigenvalue weighted by atomic mass is 32.1. The van der Waals surface area contributed by atoms with Crippen molar-refractivity contribution in [3.8, 4) is 23.3 Å². The van der Waals surface area contributed by atoms with Gasteiger partial charge in [-0.2, -0.15) is 5.26 Å². The van der Waals surface area contributed by atoms with Gasteiger partial charge < -0.3 is 18.9 Å². The van der Waals surface area contributed by atoms with Gasteiger partial charge in [-0.1, -0.05) is 0 Å². The van der Waals surface area contributed by atoms with Crippen molar-refractivity contribution in [2.45, 2.75) is 19.3 Å². The van der Waals surface area contributed by atoms with Crippen molar-refractivity contribution in [1.82, 2.24) is 4.98 Å². The molecule has 0 saturated heterocycles. The maximum atomic E-state index is 12.2. The molecule has 2 aromatic rings. The van der Waals surface area contributed by atoms with E-state index in [-0.39, 0.29) is 6.42 Å². The second-order valence-corrected chi connectivity index (χ2v) is 6.62. The number of aromatic nitrogens is 1. The first kappa shape index (κ1) is 21.2. The normalized spacial score (nSPS) is 11.2. The van der Waals surface area contributed by atoms with Gasteiger partial charge in [-0.3, -0.25) is 9.59 Å². The molecule has 1 atom stereocenters. The summed E-state index contributed by atoms with van der Waals surface area (Å²) in [7, 11) is 4.43. The first-order valence-corrected chi connectivity index (χ1v) is 9.10. The van der Waals surface area contributed by atoms with E-state index in [1.807, 2.05) is 6.07 Å². The zero-order valence-electron chi connectivity index (χ0n) is 16.0. The van der Waals surface area contributed by atoms with Gasteiger partial charge in [0.2, 0.25) is 5.75 Å². The van der Waals surface area contributed by atoms with Crippen molar-refractivity contribution in [1.29, 1.82) is 5.26 Å². The third kappa shape index (κ3) is 4.98. The summed E-state index contributed by atoms with van der Waals surface area (Å²) in [6, 6.07) is 5.16. The number of hydrogen-bond acceptors (Lipinski definition) is 9. The van der Waals surface area contributed by atoms with Crippen molar-refractivity contribution >= 4 is 23.1 Å². The van der Waals surface area contributed by atoms with Crippen LogP contribution in [0.3, 0.4) is 0 Å². The topological polar surface area (TPSA) is 108 Å². The van der Waals surface area contributed by atoms with Crippen LogP contribution >= 0.6 is 11.3 Å². The van der Waals surface area contributed by atoms with Crippen LogP contribution in [0, 0.1) is 18.3 Å². The van der Waals surface area contributed by atoms with Gasteiger partial charge in [0.05, 0.1) is 33.8 Å². The summed E-state index contributed by atoms with van der Waals surface area (Å²) < 4.78 is 20.8. The summed E-state index contributed by atoms with van der Waals surface area (Å²) in [5.74, 6) is -0.959. The van der Waals surface area contributed by atoms with Gasteiger partial charge in [0.15, 0.2) is 29.8 Å². The van der Waals surface area contributed by atoms with E-state index >= 15 is 0 Å². The minimum absolute atomic E-state index is 0.0996. The first-order valence-electron chi connectivity index (χ1n) is 8.22. The highest BCUT2D eigenvalue weighted by molar-refractivity contribution is 7.09. The van der Waals surface area contributed by atoms with Crippen LogP contribution in [-0.2, 0) is 20.7 Å². The highest BCUT2D eigenvalue weighted by Gasteiger charge is 2.24. The number of methoxy groups -OCH3 is 3. The number of rotatable bonds is 9. The van der Waals surface area contributed by atoms with E-state index in [4.69, 9.17) is 18.9 Å². The number of hydrogen-bond donors (Lipinski definition) is 0. The molecular weight excluding hydrogens is 384 g/mol. The summed E-state index contributed by atoms with van der Waals surface area (Å²) in [5, 5.41) is 11.4. The number of ether oxygens (including phenoxy) is 4. The molecular formula is C19H20N2O6S. The molecule has 0 radical (unpaired) electrons. The fraction of sp³-hybridized carbons (Fsp3) is 0.368. The number of nitrogens with zero attached hydrogens (tertiary/aromatic N) is 2. The molecule has 2 rings (SSSR count). The Balaban J connectivity index is 2.02. The molecule has 0 aliphatic carbocycles. The van der Waals surface area contributed by atoms with Crippen molar-refractivity contribution in [3.05, 3.63) is 33.8 Å². The van der Waals surface area contributed by atoms with E-state index in [0.29, 0.717) is 27.8 Å². The minimum Gasteiger partial charge on any atom is -0.493 e. The molecule has 0 amide bonds. The number of Topliss-reactive ketones (excluding diaryl/α,β-unsaturated/α-hetero) is 1. The molecule has 0 spiro atoms. The number of carbonyl (C=O) groups excluding carboxylic acids is 2.